The van der Waals surface area contributed by atoms with Crippen LogP contribution in [0.2, 0.25) is 0 Å². The molecule has 1 heterocycles. The van der Waals surface area contributed by atoms with Crippen LogP contribution >= 0.6 is 0 Å². The Hall–Kier alpha value is -1.76. The molecular weight excluding hydrogens is 168 g/mol. The number of rotatable bonds is 2. The van der Waals surface area contributed by atoms with Gasteiger partial charge in [-0.05, 0) is 12.8 Å². The fraction of sp³-hybridized carbons (Fsp3) is 0.333. The Morgan fingerprint density at radius 2 is 2.62 bits per heavy atom. The predicted molar refractivity (Wildman–Crippen MR) is 46.7 cm³/mol. The van der Waals surface area contributed by atoms with Gasteiger partial charge in [0.2, 0.25) is 0 Å². The number of esters is 1. The lowest BCUT2D eigenvalue weighted by atomic mass is 10.4. The van der Waals surface area contributed by atoms with Gasteiger partial charge in [0.25, 0.3) is 0 Å². The van der Waals surface area contributed by atoms with Gasteiger partial charge in [0.1, 0.15) is 6.42 Å². The molecule has 0 fully saturated rings. The third-order valence-corrected chi connectivity index (χ3v) is 1.24. The Balaban J connectivity index is 2.37. The SMILES string of the molecule is CCOC(=O)CC#Cc1ncc[nH]1. The van der Waals surface area contributed by atoms with Gasteiger partial charge in [0, 0.05) is 12.4 Å². The lowest BCUT2D eigenvalue weighted by molar-refractivity contribution is -0.141. The molecule has 1 rings (SSSR count). The maximum Gasteiger partial charge on any atom is 0.317 e. The number of hydrogen-bond acceptors (Lipinski definition) is 3. The first-order chi connectivity index (χ1) is 6.33. The second kappa shape index (κ2) is 4.99. The van der Waals surface area contributed by atoms with E-state index in [-0.39, 0.29) is 12.4 Å². The number of imidazole rings is 1. The van der Waals surface area contributed by atoms with E-state index in [4.69, 9.17) is 0 Å². The van der Waals surface area contributed by atoms with Crippen LogP contribution in [0.1, 0.15) is 19.2 Å². The number of H-pyrrole nitrogens is 1. The van der Waals surface area contributed by atoms with E-state index in [0.29, 0.717) is 12.4 Å². The molecule has 1 N–H and O–H groups in total. The lowest BCUT2D eigenvalue weighted by Crippen LogP contribution is -2.01. The number of nitrogens with one attached hydrogen (secondary N) is 1. The Morgan fingerprint density at radius 1 is 1.77 bits per heavy atom. The van der Waals surface area contributed by atoms with Gasteiger partial charge in [-0.1, -0.05) is 5.92 Å². The van der Waals surface area contributed by atoms with E-state index in [1.54, 1.807) is 19.3 Å². The zero-order chi connectivity index (χ0) is 9.52. The molecule has 1 aromatic heterocycles. The van der Waals surface area contributed by atoms with Gasteiger partial charge in [-0.25, -0.2) is 4.98 Å². The summed E-state index contributed by atoms with van der Waals surface area (Å²) < 4.78 is 4.69. The number of aromatic amines is 1. The van der Waals surface area contributed by atoms with Crippen LogP contribution in [-0.4, -0.2) is 22.5 Å². The smallest absolute Gasteiger partial charge is 0.317 e. The minimum atomic E-state index is -0.304. The summed E-state index contributed by atoms with van der Waals surface area (Å²) in [4.78, 5) is 17.5. The van der Waals surface area contributed by atoms with Crippen molar-refractivity contribution in [3.05, 3.63) is 18.2 Å². The zero-order valence-electron chi connectivity index (χ0n) is 7.33. The molecule has 0 radical (unpaired) electrons. The van der Waals surface area contributed by atoms with Crippen LogP contribution in [0.15, 0.2) is 12.4 Å². The van der Waals surface area contributed by atoms with Crippen molar-refractivity contribution in [2.75, 3.05) is 6.61 Å². The molecule has 0 aromatic carbocycles. The van der Waals surface area contributed by atoms with Crippen molar-refractivity contribution in [2.45, 2.75) is 13.3 Å². The molecule has 0 aliphatic carbocycles. The molecule has 4 heteroatoms. The van der Waals surface area contributed by atoms with Crippen molar-refractivity contribution in [2.24, 2.45) is 0 Å². The fourth-order valence-electron chi connectivity index (χ4n) is 0.746. The van der Waals surface area contributed by atoms with Gasteiger partial charge in [0.15, 0.2) is 5.82 Å². The van der Waals surface area contributed by atoms with Crippen molar-refractivity contribution in [1.29, 1.82) is 0 Å². The summed E-state index contributed by atoms with van der Waals surface area (Å²) >= 11 is 0. The van der Waals surface area contributed by atoms with Crippen molar-refractivity contribution in [3.8, 4) is 11.8 Å². The van der Waals surface area contributed by atoms with Gasteiger partial charge >= 0.3 is 5.97 Å². The number of nitrogens with zero attached hydrogens (tertiary/aromatic N) is 1. The molecule has 0 saturated heterocycles. The Morgan fingerprint density at radius 3 is 3.23 bits per heavy atom. The molecule has 0 spiro atoms. The first-order valence-corrected chi connectivity index (χ1v) is 3.96. The number of hydrogen-bond donors (Lipinski definition) is 1. The summed E-state index contributed by atoms with van der Waals surface area (Å²) in [6.07, 6.45) is 3.39. The summed E-state index contributed by atoms with van der Waals surface area (Å²) in [5.74, 6) is 5.61. The summed E-state index contributed by atoms with van der Waals surface area (Å²) in [5, 5.41) is 0. The van der Waals surface area contributed by atoms with Crippen LogP contribution in [0, 0.1) is 11.8 Å². The molecule has 13 heavy (non-hydrogen) atoms. The molecule has 0 unspecified atom stereocenters. The minimum Gasteiger partial charge on any atom is -0.465 e. The van der Waals surface area contributed by atoms with Gasteiger partial charge in [-0.15, -0.1) is 0 Å². The molecule has 0 atom stereocenters. The first kappa shape index (κ1) is 9.33. The average molecular weight is 178 g/mol. The van der Waals surface area contributed by atoms with Gasteiger partial charge in [-0.2, -0.15) is 0 Å². The van der Waals surface area contributed by atoms with Crippen molar-refractivity contribution in [1.82, 2.24) is 9.97 Å². The molecule has 1 aromatic rings. The highest BCUT2D eigenvalue weighted by molar-refractivity contribution is 5.72. The van der Waals surface area contributed by atoms with E-state index in [1.165, 1.54) is 0 Å². The van der Waals surface area contributed by atoms with E-state index >= 15 is 0 Å². The minimum absolute atomic E-state index is 0.106. The van der Waals surface area contributed by atoms with E-state index < -0.39 is 0 Å². The predicted octanol–water partition coefficient (Wildman–Crippen LogP) is 0.714. The first-order valence-electron chi connectivity index (χ1n) is 3.96. The maximum absolute atomic E-state index is 10.8. The molecule has 0 aliphatic heterocycles. The number of aromatic nitrogens is 2. The molecule has 0 bridgehead atoms. The summed E-state index contributed by atoms with van der Waals surface area (Å²) in [6, 6.07) is 0. The van der Waals surface area contributed by atoms with Gasteiger partial charge < -0.3 is 9.72 Å². The Bertz CT molecular complexity index is 319. The number of carbonyl (C=O) groups is 1. The monoisotopic (exact) mass is 178 g/mol. The second-order valence-electron chi connectivity index (χ2n) is 2.22. The van der Waals surface area contributed by atoms with Crippen molar-refractivity contribution < 1.29 is 9.53 Å². The summed E-state index contributed by atoms with van der Waals surface area (Å²) in [6.45, 7) is 2.15. The summed E-state index contributed by atoms with van der Waals surface area (Å²) in [5.41, 5.74) is 0. The quantitative estimate of drug-likeness (QED) is 0.536. The van der Waals surface area contributed by atoms with Crippen LogP contribution in [0.3, 0.4) is 0 Å². The van der Waals surface area contributed by atoms with E-state index in [2.05, 4.69) is 26.5 Å². The van der Waals surface area contributed by atoms with Crippen LogP contribution in [0.25, 0.3) is 0 Å². The Labute approximate surface area is 76.3 Å². The van der Waals surface area contributed by atoms with E-state index in [1.807, 2.05) is 0 Å². The van der Waals surface area contributed by atoms with Gasteiger partial charge in [0.05, 0.1) is 6.61 Å². The van der Waals surface area contributed by atoms with Crippen LogP contribution in [0.4, 0.5) is 0 Å². The molecule has 68 valence electrons. The third-order valence-electron chi connectivity index (χ3n) is 1.24. The fourth-order valence-corrected chi connectivity index (χ4v) is 0.746. The standard InChI is InChI=1S/C9H10N2O2/c1-2-13-9(12)5-3-4-8-10-6-7-11-8/h6-7H,2,5H2,1H3,(H,10,11). The highest BCUT2D eigenvalue weighted by Gasteiger charge is 1.95. The lowest BCUT2D eigenvalue weighted by Gasteiger charge is -1.94. The molecule has 4 nitrogen and oxygen atoms in total. The molecule has 0 aliphatic rings. The molecule has 0 saturated carbocycles. The second-order valence-corrected chi connectivity index (χ2v) is 2.22. The topological polar surface area (TPSA) is 55.0 Å². The van der Waals surface area contributed by atoms with Crippen molar-refractivity contribution >= 4 is 5.97 Å². The summed E-state index contributed by atoms with van der Waals surface area (Å²) in [7, 11) is 0. The average Bonchev–Trinajstić information content (AvgIpc) is 2.57. The number of carbonyl (C=O) groups excluding carboxylic acids is 1. The van der Waals surface area contributed by atoms with Gasteiger partial charge in [-0.3, -0.25) is 4.79 Å². The van der Waals surface area contributed by atoms with Crippen LogP contribution in [-0.2, 0) is 9.53 Å². The Kier molecular flexibility index (Phi) is 3.58. The highest BCUT2D eigenvalue weighted by atomic mass is 16.5. The largest absolute Gasteiger partial charge is 0.465 e. The van der Waals surface area contributed by atoms with E-state index in [0.717, 1.165) is 0 Å². The van der Waals surface area contributed by atoms with Crippen LogP contribution in [0.5, 0.6) is 0 Å². The molecular formula is C9H10N2O2. The number of ether oxygens (including phenoxy) is 1. The van der Waals surface area contributed by atoms with Crippen molar-refractivity contribution in [3.63, 3.8) is 0 Å². The zero-order valence-corrected chi connectivity index (χ0v) is 7.33. The normalized spacial score (nSPS) is 8.69. The highest BCUT2D eigenvalue weighted by Crippen LogP contribution is 1.86. The maximum atomic E-state index is 10.8. The third kappa shape index (κ3) is 3.43. The van der Waals surface area contributed by atoms with Crippen LogP contribution < -0.4 is 0 Å². The van der Waals surface area contributed by atoms with E-state index in [9.17, 15) is 4.79 Å². The molecule has 0 amide bonds.